The quantitative estimate of drug-likeness (QED) is 0.858. The molecule has 0 spiro atoms. The van der Waals surface area contributed by atoms with E-state index in [4.69, 9.17) is 0 Å². The van der Waals surface area contributed by atoms with Crippen LogP contribution in [-0.4, -0.2) is 50.1 Å². The Hall–Kier alpha value is -1.25. The lowest BCUT2D eigenvalue weighted by Gasteiger charge is -2.35. The number of halogens is 1. The van der Waals surface area contributed by atoms with Crippen molar-refractivity contribution >= 4 is 36.7 Å². The number of hydrogen-bond acceptors (Lipinski definition) is 5. The highest BCUT2D eigenvalue weighted by molar-refractivity contribution is 7.88. The second kappa shape index (κ2) is 5.75. The second-order valence-corrected chi connectivity index (χ2v) is 8.66. The van der Waals surface area contributed by atoms with Crippen LogP contribution in [0.2, 0.25) is 0 Å². The van der Waals surface area contributed by atoms with Crippen molar-refractivity contribution in [2.24, 2.45) is 0 Å². The normalized spacial score (nSPS) is 17.5. The van der Waals surface area contributed by atoms with E-state index in [1.807, 2.05) is 0 Å². The number of benzene rings is 1. The molecule has 2 heterocycles. The maximum atomic E-state index is 13.2. The van der Waals surface area contributed by atoms with E-state index in [1.54, 1.807) is 13.1 Å². The molecule has 0 saturated carbocycles. The largest absolute Gasteiger partial charge is 0.348 e. The number of rotatable bonds is 3. The standard InChI is InChI=1S/C14H18FN3O2S2/c1-17(22(2,19)20)11-5-7-18(8-6-11)14-16-12-4-3-10(15)9-13(12)21-14/h3-4,9,11H,5-8H2,1-2H3. The van der Waals surface area contributed by atoms with Crippen LogP contribution in [0.5, 0.6) is 0 Å². The van der Waals surface area contributed by atoms with E-state index in [0.29, 0.717) is 0 Å². The fourth-order valence-electron chi connectivity index (χ4n) is 2.71. The molecule has 1 fully saturated rings. The van der Waals surface area contributed by atoms with Gasteiger partial charge in [-0.2, -0.15) is 0 Å². The minimum absolute atomic E-state index is 0.0399. The molecule has 8 heteroatoms. The van der Waals surface area contributed by atoms with Crippen LogP contribution in [-0.2, 0) is 10.0 Å². The number of nitrogens with zero attached hydrogens (tertiary/aromatic N) is 3. The highest BCUT2D eigenvalue weighted by atomic mass is 32.2. The van der Waals surface area contributed by atoms with Crippen LogP contribution < -0.4 is 4.90 Å². The third kappa shape index (κ3) is 3.09. The van der Waals surface area contributed by atoms with E-state index in [2.05, 4.69) is 9.88 Å². The smallest absolute Gasteiger partial charge is 0.211 e. The lowest BCUT2D eigenvalue weighted by Crippen LogP contribution is -2.45. The molecule has 0 amide bonds. The molecule has 3 rings (SSSR count). The first-order valence-electron chi connectivity index (χ1n) is 7.08. The van der Waals surface area contributed by atoms with Gasteiger partial charge in [0.1, 0.15) is 5.82 Å². The third-order valence-electron chi connectivity index (χ3n) is 4.11. The summed E-state index contributed by atoms with van der Waals surface area (Å²) < 4.78 is 38.7. The number of anilines is 1. The zero-order valence-corrected chi connectivity index (χ0v) is 14.1. The first kappa shape index (κ1) is 15.6. The molecule has 5 nitrogen and oxygen atoms in total. The van der Waals surface area contributed by atoms with Gasteiger partial charge in [0.2, 0.25) is 10.0 Å². The summed E-state index contributed by atoms with van der Waals surface area (Å²) in [5, 5.41) is 0.876. The molecule has 0 radical (unpaired) electrons. The van der Waals surface area contributed by atoms with Crippen molar-refractivity contribution in [2.75, 3.05) is 31.3 Å². The minimum atomic E-state index is -3.15. The molecule has 0 aliphatic carbocycles. The number of sulfonamides is 1. The van der Waals surface area contributed by atoms with Gasteiger partial charge < -0.3 is 4.90 Å². The summed E-state index contributed by atoms with van der Waals surface area (Å²) in [6.07, 6.45) is 2.78. The van der Waals surface area contributed by atoms with Crippen LogP contribution in [0.4, 0.5) is 9.52 Å². The average molecular weight is 343 g/mol. The Bertz CT molecular complexity index is 782. The topological polar surface area (TPSA) is 53.5 Å². The monoisotopic (exact) mass is 343 g/mol. The third-order valence-corrected chi connectivity index (χ3v) is 6.53. The van der Waals surface area contributed by atoms with E-state index < -0.39 is 10.0 Å². The molecule has 1 aromatic carbocycles. The summed E-state index contributed by atoms with van der Waals surface area (Å²) >= 11 is 1.48. The van der Waals surface area contributed by atoms with Crippen molar-refractivity contribution in [3.63, 3.8) is 0 Å². The Morgan fingerprint density at radius 1 is 1.36 bits per heavy atom. The first-order valence-corrected chi connectivity index (χ1v) is 9.75. The van der Waals surface area contributed by atoms with E-state index in [9.17, 15) is 12.8 Å². The first-order chi connectivity index (χ1) is 10.3. The fourth-order valence-corrected chi connectivity index (χ4v) is 4.51. The lowest BCUT2D eigenvalue weighted by molar-refractivity contribution is 0.314. The van der Waals surface area contributed by atoms with Crippen LogP contribution in [0, 0.1) is 5.82 Å². The molecule has 2 aromatic rings. The molecule has 120 valence electrons. The molecule has 1 saturated heterocycles. The molecule has 1 aliphatic rings. The van der Waals surface area contributed by atoms with Crippen molar-refractivity contribution < 1.29 is 12.8 Å². The lowest BCUT2D eigenvalue weighted by atomic mass is 10.1. The zero-order valence-electron chi connectivity index (χ0n) is 12.5. The Kier molecular flexibility index (Phi) is 4.09. The number of fused-ring (bicyclic) bond motifs is 1. The van der Waals surface area contributed by atoms with E-state index >= 15 is 0 Å². The molecule has 0 atom stereocenters. The highest BCUT2D eigenvalue weighted by Crippen LogP contribution is 2.31. The molecular weight excluding hydrogens is 325 g/mol. The van der Waals surface area contributed by atoms with Gasteiger partial charge in [-0.15, -0.1) is 0 Å². The molecule has 22 heavy (non-hydrogen) atoms. The van der Waals surface area contributed by atoms with Gasteiger partial charge in [-0.25, -0.2) is 22.1 Å². The Morgan fingerprint density at radius 3 is 2.68 bits per heavy atom. The molecule has 0 N–H and O–H groups in total. The number of aromatic nitrogens is 1. The summed E-state index contributed by atoms with van der Waals surface area (Å²) in [6, 6.07) is 4.65. The van der Waals surface area contributed by atoms with E-state index in [1.165, 1.54) is 34.0 Å². The van der Waals surface area contributed by atoms with Gasteiger partial charge >= 0.3 is 0 Å². The highest BCUT2D eigenvalue weighted by Gasteiger charge is 2.28. The van der Waals surface area contributed by atoms with Crippen LogP contribution in [0.25, 0.3) is 10.2 Å². The molecular formula is C14H18FN3O2S2. The summed E-state index contributed by atoms with van der Waals surface area (Å²) in [4.78, 5) is 6.69. The Balaban J connectivity index is 1.72. The van der Waals surface area contributed by atoms with Gasteiger partial charge in [-0.1, -0.05) is 11.3 Å². The SMILES string of the molecule is CN(C1CCN(c2nc3ccc(F)cc3s2)CC1)S(C)(=O)=O. The van der Waals surface area contributed by atoms with Crippen LogP contribution in [0.15, 0.2) is 18.2 Å². The number of thiazole rings is 1. The fraction of sp³-hybridized carbons (Fsp3) is 0.500. The van der Waals surface area contributed by atoms with Crippen molar-refractivity contribution in [1.29, 1.82) is 0 Å². The van der Waals surface area contributed by atoms with Gasteiger partial charge in [-0.05, 0) is 31.0 Å². The van der Waals surface area contributed by atoms with Crippen LogP contribution >= 0.6 is 11.3 Å². The summed E-state index contributed by atoms with van der Waals surface area (Å²) in [6.45, 7) is 1.51. The van der Waals surface area contributed by atoms with Gasteiger partial charge in [0.25, 0.3) is 0 Å². The number of hydrogen-bond donors (Lipinski definition) is 0. The van der Waals surface area contributed by atoms with Gasteiger partial charge in [0.05, 0.1) is 16.5 Å². The zero-order chi connectivity index (χ0) is 15.9. The second-order valence-electron chi connectivity index (χ2n) is 5.61. The molecule has 0 unspecified atom stereocenters. The minimum Gasteiger partial charge on any atom is -0.348 e. The van der Waals surface area contributed by atoms with Gasteiger partial charge in [-0.3, -0.25) is 0 Å². The van der Waals surface area contributed by atoms with E-state index in [-0.39, 0.29) is 11.9 Å². The molecule has 1 aromatic heterocycles. The van der Waals surface area contributed by atoms with Crippen molar-refractivity contribution in [2.45, 2.75) is 18.9 Å². The Morgan fingerprint density at radius 2 is 2.05 bits per heavy atom. The predicted octanol–water partition coefficient (Wildman–Crippen LogP) is 2.30. The van der Waals surface area contributed by atoms with Crippen molar-refractivity contribution in [3.8, 4) is 0 Å². The van der Waals surface area contributed by atoms with Crippen LogP contribution in [0.3, 0.4) is 0 Å². The van der Waals surface area contributed by atoms with Crippen LogP contribution in [0.1, 0.15) is 12.8 Å². The van der Waals surface area contributed by atoms with E-state index in [0.717, 1.165) is 41.3 Å². The van der Waals surface area contributed by atoms with Gasteiger partial charge in [0.15, 0.2) is 5.13 Å². The summed E-state index contributed by atoms with van der Waals surface area (Å²) in [7, 11) is -1.51. The van der Waals surface area contributed by atoms with Gasteiger partial charge in [0, 0.05) is 26.2 Å². The molecule has 0 bridgehead atoms. The summed E-state index contributed by atoms with van der Waals surface area (Å²) in [5.74, 6) is -0.254. The average Bonchev–Trinajstić information content (AvgIpc) is 2.88. The van der Waals surface area contributed by atoms with Crippen molar-refractivity contribution in [3.05, 3.63) is 24.0 Å². The number of piperidine rings is 1. The Labute approximate surface area is 133 Å². The van der Waals surface area contributed by atoms with Crippen molar-refractivity contribution in [1.82, 2.24) is 9.29 Å². The molecule has 1 aliphatic heterocycles. The maximum Gasteiger partial charge on any atom is 0.211 e. The summed E-state index contributed by atoms with van der Waals surface area (Å²) in [5.41, 5.74) is 0.803. The predicted molar refractivity (Wildman–Crippen MR) is 87.4 cm³/mol. The maximum absolute atomic E-state index is 13.2.